The molecule has 1 aliphatic heterocycles. The predicted molar refractivity (Wildman–Crippen MR) is 68.4 cm³/mol. The maximum absolute atomic E-state index is 5.75. The molecule has 0 aliphatic carbocycles. The molecule has 0 saturated carbocycles. The van der Waals surface area contributed by atoms with Crippen LogP contribution in [-0.4, -0.2) is 19.2 Å². The van der Waals surface area contributed by atoms with Crippen molar-refractivity contribution in [2.75, 3.05) is 13.2 Å². The van der Waals surface area contributed by atoms with Gasteiger partial charge in [-0.05, 0) is 53.5 Å². The Kier molecular flexibility index (Phi) is 4.05. The van der Waals surface area contributed by atoms with E-state index in [4.69, 9.17) is 4.74 Å². The smallest absolute Gasteiger partial charge is 0.133 e. The van der Waals surface area contributed by atoms with Crippen LogP contribution < -0.4 is 10.1 Å². The van der Waals surface area contributed by atoms with Gasteiger partial charge in [-0.2, -0.15) is 0 Å². The Morgan fingerprint density at radius 3 is 2.93 bits per heavy atom. The zero-order valence-corrected chi connectivity index (χ0v) is 11.5. The lowest BCUT2D eigenvalue weighted by Gasteiger charge is -2.13. The molecule has 1 fully saturated rings. The second kappa shape index (κ2) is 5.32. The highest BCUT2D eigenvalue weighted by molar-refractivity contribution is 9.11. The molecule has 0 spiro atoms. The number of benzene rings is 1. The SMILES string of the molecule is Brc1ccc(OC[C@@H]2CCCN2)c(Br)c1. The molecule has 1 aromatic rings. The summed E-state index contributed by atoms with van der Waals surface area (Å²) in [6.07, 6.45) is 2.48. The maximum Gasteiger partial charge on any atom is 0.133 e. The van der Waals surface area contributed by atoms with Crippen LogP contribution in [0.25, 0.3) is 0 Å². The first-order chi connectivity index (χ1) is 7.25. The number of hydrogen-bond acceptors (Lipinski definition) is 2. The van der Waals surface area contributed by atoms with E-state index < -0.39 is 0 Å². The van der Waals surface area contributed by atoms with E-state index in [1.165, 1.54) is 12.8 Å². The summed E-state index contributed by atoms with van der Waals surface area (Å²) in [5.74, 6) is 0.909. The van der Waals surface area contributed by atoms with Gasteiger partial charge in [-0.1, -0.05) is 15.9 Å². The van der Waals surface area contributed by atoms with Gasteiger partial charge in [0.15, 0.2) is 0 Å². The molecule has 1 aromatic carbocycles. The summed E-state index contributed by atoms with van der Waals surface area (Å²) < 4.78 is 7.80. The van der Waals surface area contributed by atoms with Crippen LogP contribution in [0, 0.1) is 0 Å². The Morgan fingerprint density at radius 2 is 2.27 bits per heavy atom. The Labute approximate surface area is 107 Å². The summed E-state index contributed by atoms with van der Waals surface area (Å²) in [5, 5.41) is 3.41. The molecule has 4 heteroatoms. The van der Waals surface area contributed by atoms with Gasteiger partial charge in [-0.3, -0.25) is 0 Å². The molecule has 82 valence electrons. The molecule has 1 aliphatic rings. The van der Waals surface area contributed by atoms with Gasteiger partial charge < -0.3 is 10.1 Å². The van der Waals surface area contributed by atoms with Gasteiger partial charge in [0.1, 0.15) is 12.4 Å². The molecule has 2 nitrogen and oxygen atoms in total. The third-order valence-electron chi connectivity index (χ3n) is 2.50. The van der Waals surface area contributed by atoms with Crippen molar-refractivity contribution in [1.29, 1.82) is 0 Å². The number of ether oxygens (including phenoxy) is 1. The number of hydrogen-bond donors (Lipinski definition) is 1. The minimum atomic E-state index is 0.514. The highest BCUT2D eigenvalue weighted by Gasteiger charge is 2.14. The molecule has 0 amide bonds. The summed E-state index contributed by atoms with van der Waals surface area (Å²) in [5.41, 5.74) is 0. The Balaban J connectivity index is 1.92. The molecule has 1 N–H and O–H groups in total. The van der Waals surface area contributed by atoms with Crippen molar-refractivity contribution in [2.24, 2.45) is 0 Å². The van der Waals surface area contributed by atoms with Crippen LogP contribution in [0.2, 0.25) is 0 Å². The van der Waals surface area contributed by atoms with Crippen LogP contribution >= 0.6 is 31.9 Å². The first kappa shape index (κ1) is 11.4. The van der Waals surface area contributed by atoms with Gasteiger partial charge in [-0.25, -0.2) is 0 Å². The Morgan fingerprint density at radius 1 is 1.40 bits per heavy atom. The van der Waals surface area contributed by atoms with Crippen molar-refractivity contribution in [1.82, 2.24) is 5.32 Å². The van der Waals surface area contributed by atoms with Crippen LogP contribution in [0.15, 0.2) is 27.1 Å². The Bertz CT molecular complexity index is 337. The van der Waals surface area contributed by atoms with Gasteiger partial charge in [0, 0.05) is 10.5 Å². The number of rotatable bonds is 3. The average Bonchev–Trinajstić information content (AvgIpc) is 2.69. The fourth-order valence-corrected chi connectivity index (χ4v) is 2.84. The third kappa shape index (κ3) is 3.20. The summed E-state index contributed by atoms with van der Waals surface area (Å²) in [6.45, 7) is 1.87. The van der Waals surface area contributed by atoms with Crippen LogP contribution in [0.3, 0.4) is 0 Å². The second-order valence-electron chi connectivity index (χ2n) is 3.68. The lowest BCUT2D eigenvalue weighted by molar-refractivity contribution is 0.275. The molecule has 1 heterocycles. The van der Waals surface area contributed by atoms with E-state index >= 15 is 0 Å². The number of nitrogens with one attached hydrogen (secondary N) is 1. The summed E-state index contributed by atoms with van der Waals surface area (Å²) >= 11 is 6.90. The van der Waals surface area contributed by atoms with Crippen molar-refractivity contribution >= 4 is 31.9 Å². The van der Waals surface area contributed by atoms with Crippen molar-refractivity contribution in [3.8, 4) is 5.75 Å². The van der Waals surface area contributed by atoms with E-state index in [1.54, 1.807) is 0 Å². The third-order valence-corrected chi connectivity index (χ3v) is 3.61. The highest BCUT2D eigenvalue weighted by Crippen LogP contribution is 2.28. The molecule has 15 heavy (non-hydrogen) atoms. The summed E-state index contributed by atoms with van der Waals surface area (Å²) in [6, 6.07) is 6.48. The molecule has 1 saturated heterocycles. The lowest BCUT2D eigenvalue weighted by Crippen LogP contribution is -2.28. The maximum atomic E-state index is 5.75. The van der Waals surface area contributed by atoms with Crippen molar-refractivity contribution < 1.29 is 4.74 Å². The fourth-order valence-electron chi connectivity index (χ4n) is 1.68. The highest BCUT2D eigenvalue weighted by atomic mass is 79.9. The van der Waals surface area contributed by atoms with Crippen LogP contribution in [0.5, 0.6) is 5.75 Å². The van der Waals surface area contributed by atoms with Gasteiger partial charge in [0.05, 0.1) is 4.47 Å². The first-order valence-corrected chi connectivity index (χ1v) is 6.65. The van der Waals surface area contributed by atoms with Crippen LogP contribution in [0.4, 0.5) is 0 Å². The average molecular weight is 335 g/mol. The topological polar surface area (TPSA) is 21.3 Å². The molecule has 0 bridgehead atoms. The molecule has 0 aromatic heterocycles. The van der Waals surface area contributed by atoms with Gasteiger partial charge in [0.2, 0.25) is 0 Å². The zero-order valence-electron chi connectivity index (χ0n) is 8.30. The predicted octanol–water partition coefficient (Wildman–Crippen LogP) is 3.34. The van der Waals surface area contributed by atoms with E-state index in [2.05, 4.69) is 37.2 Å². The quantitative estimate of drug-likeness (QED) is 0.915. The minimum Gasteiger partial charge on any atom is -0.491 e. The molecular weight excluding hydrogens is 322 g/mol. The molecule has 0 unspecified atom stereocenters. The van der Waals surface area contributed by atoms with Gasteiger partial charge in [0.25, 0.3) is 0 Å². The van der Waals surface area contributed by atoms with Crippen molar-refractivity contribution in [3.05, 3.63) is 27.1 Å². The monoisotopic (exact) mass is 333 g/mol. The van der Waals surface area contributed by atoms with Gasteiger partial charge in [-0.15, -0.1) is 0 Å². The largest absolute Gasteiger partial charge is 0.491 e. The molecular formula is C11H13Br2NO. The number of halogens is 2. The Hall–Kier alpha value is -0.0600. The van der Waals surface area contributed by atoms with E-state index in [0.717, 1.165) is 27.8 Å². The van der Waals surface area contributed by atoms with E-state index in [-0.39, 0.29) is 0 Å². The summed E-state index contributed by atoms with van der Waals surface area (Å²) in [4.78, 5) is 0. The van der Waals surface area contributed by atoms with Crippen molar-refractivity contribution in [3.63, 3.8) is 0 Å². The normalized spacial score (nSPS) is 20.5. The lowest BCUT2D eigenvalue weighted by atomic mass is 10.2. The van der Waals surface area contributed by atoms with Crippen LogP contribution in [0.1, 0.15) is 12.8 Å². The zero-order chi connectivity index (χ0) is 10.7. The van der Waals surface area contributed by atoms with E-state index in [1.807, 2.05) is 18.2 Å². The summed E-state index contributed by atoms with van der Waals surface area (Å²) in [7, 11) is 0. The molecule has 1 atom stereocenters. The standard InChI is InChI=1S/C11H13Br2NO/c12-8-3-4-11(10(13)6-8)15-7-9-2-1-5-14-9/h3-4,6,9,14H,1-2,5,7H2/t9-/m0/s1. The van der Waals surface area contributed by atoms with Gasteiger partial charge >= 0.3 is 0 Å². The minimum absolute atomic E-state index is 0.514. The second-order valence-corrected chi connectivity index (χ2v) is 5.45. The molecule has 0 radical (unpaired) electrons. The molecule has 2 rings (SSSR count). The van der Waals surface area contributed by atoms with Crippen molar-refractivity contribution in [2.45, 2.75) is 18.9 Å². The fraction of sp³-hybridized carbons (Fsp3) is 0.455. The van der Waals surface area contributed by atoms with E-state index in [9.17, 15) is 0 Å². The first-order valence-electron chi connectivity index (χ1n) is 5.07. The van der Waals surface area contributed by atoms with Crippen LogP contribution in [-0.2, 0) is 0 Å². The van der Waals surface area contributed by atoms with E-state index in [0.29, 0.717) is 6.04 Å².